The van der Waals surface area contributed by atoms with Crippen LogP contribution in [0.5, 0.6) is 0 Å². The van der Waals surface area contributed by atoms with Crippen LogP contribution in [0.25, 0.3) is 6.08 Å². The van der Waals surface area contributed by atoms with Crippen molar-refractivity contribution >= 4 is 6.08 Å². The Morgan fingerprint density at radius 3 is 2.13 bits per heavy atom. The second kappa shape index (κ2) is 13.4. The van der Waals surface area contributed by atoms with Crippen molar-refractivity contribution in [2.45, 2.75) is 73.1 Å². The fourth-order valence-electron chi connectivity index (χ4n) is 4.71. The fraction of sp³-hybridized carbons (Fsp3) is 0.517. The minimum Gasteiger partial charge on any atom is -0.306 e. The summed E-state index contributed by atoms with van der Waals surface area (Å²) in [6.45, 7) is 17.2. The van der Waals surface area contributed by atoms with Crippen LogP contribution in [-0.2, 0) is 5.41 Å². The Labute approximate surface area is 187 Å². The van der Waals surface area contributed by atoms with E-state index in [-0.39, 0.29) is 5.41 Å². The first kappa shape index (κ1) is 26.2. The molecular weight excluding hydrogens is 362 g/mol. The third kappa shape index (κ3) is 6.32. The molecule has 1 unspecified atom stereocenters. The molecule has 1 atom stereocenters. The van der Waals surface area contributed by atoms with Crippen LogP contribution in [0.4, 0.5) is 0 Å². The van der Waals surface area contributed by atoms with Gasteiger partial charge >= 0.3 is 0 Å². The molecule has 0 spiro atoms. The first-order valence-corrected chi connectivity index (χ1v) is 12.0. The van der Waals surface area contributed by atoms with Gasteiger partial charge in [0.05, 0.1) is 0 Å². The lowest BCUT2D eigenvalue weighted by Crippen LogP contribution is -2.35. The maximum Gasteiger partial charge on any atom is 0.0189 e. The third-order valence-corrected chi connectivity index (χ3v) is 6.12. The van der Waals surface area contributed by atoms with Crippen molar-refractivity contribution in [3.8, 4) is 0 Å². The van der Waals surface area contributed by atoms with E-state index >= 15 is 0 Å². The van der Waals surface area contributed by atoms with Crippen LogP contribution < -0.4 is 0 Å². The van der Waals surface area contributed by atoms with Gasteiger partial charge in [0.25, 0.3) is 0 Å². The number of likely N-dealkylation sites (tertiary alicyclic amines) is 1. The molecule has 0 N–H and O–H groups in total. The molecule has 1 nitrogen and oxygen atoms in total. The van der Waals surface area contributed by atoms with Gasteiger partial charge in [0.1, 0.15) is 0 Å². The minimum atomic E-state index is 0.0437. The van der Waals surface area contributed by atoms with Crippen LogP contribution in [0.3, 0.4) is 0 Å². The SMILES string of the molecule is CC.CC.C\C=C/C1=C(\C=C/C)C(C)(CC2CCN(C)CC2)c2ccccc2C=C1. The summed E-state index contributed by atoms with van der Waals surface area (Å²) >= 11 is 0. The number of rotatable bonds is 4. The molecule has 3 rings (SSSR count). The van der Waals surface area contributed by atoms with Crippen LogP contribution in [0.1, 0.15) is 78.9 Å². The van der Waals surface area contributed by atoms with E-state index in [1.165, 1.54) is 54.6 Å². The number of hydrogen-bond acceptors (Lipinski definition) is 1. The maximum atomic E-state index is 2.47. The van der Waals surface area contributed by atoms with E-state index in [4.69, 9.17) is 0 Å². The molecule has 166 valence electrons. The predicted molar refractivity (Wildman–Crippen MR) is 137 cm³/mol. The lowest BCUT2D eigenvalue weighted by atomic mass is 9.67. The molecule has 1 aliphatic carbocycles. The molecule has 1 fully saturated rings. The van der Waals surface area contributed by atoms with Crippen molar-refractivity contribution in [2.24, 2.45) is 5.92 Å². The number of nitrogens with zero attached hydrogens (tertiary/aromatic N) is 1. The summed E-state index contributed by atoms with van der Waals surface area (Å²) in [6, 6.07) is 8.98. The van der Waals surface area contributed by atoms with Crippen LogP contribution in [0, 0.1) is 5.92 Å². The van der Waals surface area contributed by atoms with Gasteiger partial charge < -0.3 is 4.90 Å². The van der Waals surface area contributed by atoms with E-state index in [1.54, 1.807) is 0 Å². The molecule has 0 aromatic heterocycles. The van der Waals surface area contributed by atoms with Gasteiger partial charge in [-0.3, -0.25) is 0 Å². The molecule has 1 heterocycles. The molecule has 1 heteroatoms. The Hall–Kier alpha value is -1.86. The molecule has 30 heavy (non-hydrogen) atoms. The Morgan fingerprint density at radius 2 is 1.53 bits per heavy atom. The number of fused-ring (bicyclic) bond motifs is 1. The van der Waals surface area contributed by atoms with Gasteiger partial charge in [0.15, 0.2) is 0 Å². The fourth-order valence-corrected chi connectivity index (χ4v) is 4.71. The largest absolute Gasteiger partial charge is 0.306 e. The number of benzene rings is 1. The van der Waals surface area contributed by atoms with Crippen LogP contribution in [0.2, 0.25) is 0 Å². The van der Waals surface area contributed by atoms with Gasteiger partial charge in [-0.2, -0.15) is 0 Å². The van der Waals surface area contributed by atoms with Gasteiger partial charge in [0, 0.05) is 5.41 Å². The monoisotopic (exact) mass is 407 g/mol. The Kier molecular flexibility index (Phi) is 11.7. The van der Waals surface area contributed by atoms with Crippen molar-refractivity contribution in [1.29, 1.82) is 0 Å². The summed E-state index contributed by atoms with van der Waals surface area (Å²) < 4.78 is 0. The van der Waals surface area contributed by atoms with E-state index in [0.29, 0.717) is 0 Å². The molecular formula is C29H45N. The normalized spacial score (nSPS) is 22.3. The smallest absolute Gasteiger partial charge is 0.0189 e. The molecule has 0 saturated carbocycles. The first-order chi connectivity index (χ1) is 14.6. The number of piperidine rings is 1. The Balaban J connectivity index is 0.00000106. The topological polar surface area (TPSA) is 3.24 Å². The van der Waals surface area contributed by atoms with Gasteiger partial charge in [-0.1, -0.05) is 95.3 Å². The van der Waals surface area contributed by atoms with Gasteiger partial charge in [-0.25, -0.2) is 0 Å². The average Bonchev–Trinajstić information content (AvgIpc) is 2.89. The standard InChI is InChI=1S/C25H33N.2C2H6/c1-5-9-21-13-14-22-11-7-8-12-24(22)25(3,23(21)10-6-2)19-20-15-17-26(4)18-16-20;2*1-2/h5-14,20H,15-19H2,1-4H3;2*1-2H3/b9-5-,10-6-;;. The van der Waals surface area contributed by atoms with Crippen molar-refractivity contribution in [3.05, 3.63) is 76.9 Å². The maximum absolute atomic E-state index is 2.47. The summed E-state index contributed by atoms with van der Waals surface area (Å²) in [5.74, 6) is 0.787. The summed E-state index contributed by atoms with van der Waals surface area (Å²) in [7, 11) is 2.25. The number of hydrogen-bond donors (Lipinski definition) is 0. The average molecular weight is 408 g/mol. The molecule has 2 aliphatic rings. The highest BCUT2D eigenvalue weighted by molar-refractivity contribution is 5.67. The van der Waals surface area contributed by atoms with E-state index in [2.05, 4.69) is 93.4 Å². The summed E-state index contributed by atoms with van der Waals surface area (Å²) in [5, 5.41) is 0. The quantitative estimate of drug-likeness (QED) is 0.486. The molecule has 0 radical (unpaired) electrons. The highest BCUT2D eigenvalue weighted by Crippen LogP contribution is 2.45. The summed E-state index contributed by atoms with van der Waals surface area (Å²) in [5.41, 5.74) is 5.69. The van der Waals surface area contributed by atoms with E-state index < -0.39 is 0 Å². The molecule has 1 aliphatic heterocycles. The van der Waals surface area contributed by atoms with Gasteiger partial charge in [-0.15, -0.1) is 0 Å². The van der Waals surface area contributed by atoms with Crippen molar-refractivity contribution in [2.75, 3.05) is 20.1 Å². The van der Waals surface area contributed by atoms with Gasteiger partial charge in [-0.05, 0) is 81.4 Å². The van der Waals surface area contributed by atoms with Crippen LogP contribution in [-0.4, -0.2) is 25.0 Å². The minimum absolute atomic E-state index is 0.0437. The summed E-state index contributed by atoms with van der Waals surface area (Å²) in [6.07, 6.45) is 17.4. The molecule has 0 bridgehead atoms. The van der Waals surface area contributed by atoms with E-state index in [1.807, 2.05) is 27.7 Å². The molecule has 1 aromatic rings. The predicted octanol–water partition coefficient (Wildman–Crippen LogP) is 8.20. The third-order valence-electron chi connectivity index (χ3n) is 6.12. The lowest BCUT2D eigenvalue weighted by Gasteiger charge is -2.39. The zero-order valence-corrected chi connectivity index (χ0v) is 20.8. The second-order valence-electron chi connectivity index (χ2n) is 8.07. The van der Waals surface area contributed by atoms with Crippen molar-refractivity contribution < 1.29 is 0 Å². The molecule has 0 amide bonds. The Morgan fingerprint density at radius 1 is 0.933 bits per heavy atom. The molecule has 1 aromatic carbocycles. The van der Waals surface area contributed by atoms with Gasteiger partial charge in [0.2, 0.25) is 0 Å². The molecule has 1 saturated heterocycles. The van der Waals surface area contributed by atoms with E-state index in [0.717, 1.165) is 5.92 Å². The zero-order chi connectivity index (χ0) is 22.6. The lowest BCUT2D eigenvalue weighted by molar-refractivity contribution is 0.196. The first-order valence-electron chi connectivity index (χ1n) is 12.0. The summed E-state index contributed by atoms with van der Waals surface area (Å²) in [4.78, 5) is 2.47. The Bertz CT molecular complexity index is 741. The zero-order valence-electron chi connectivity index (χ0n) is 20.8. The number of allylic oxidation sites excluding steroid dienone is 7. The highest BCUT2D eigenvalue weighted by Gasteiger charge is 2.36. The van der Waals surface area contributed by atoms with Crippen LogP contribution >= 0.6 is 0 Å². The van der Waals surface area contributed by atoms with Crippen molar-refractivity contribution in [1.82, 2.24) is 4.90 Å². The second-order valence-corrected chi connectivity index (χ2v) is 8.07. The van der Waals surface area contributed by atoms with Crippen LogP contribution in [0.15, 0.2) is 65.8 Å². The van der Waals surface area contributed by atoms with Crippen molar-refractivity contribution in [3.63, 3.8) is 0 Å². The highest BCUT2D eigenvalue weighted by atomic mass is 15.1. The van der Waals surface area contributed by atoms with E-state index in [9.17, 15) is 0 Å².